The van der Waals surface area contributed by atoms with Gasteiger partial charge in [0.15, 0.2) is 5.82 Å². The van der Waals surface area contributed by atoms with Crippen molar-refractivity contribution in [3.63, 3.8) is 0 Å². The normalized spacial score (nSPS) is 27.6. The topological polar surface area (TPSA) is 60.3 Å². The molecule has 2 atom stereocenters. The fourth-order valence-corrected chi connectivity index (χ4v) is 4.11. The third kappa shape index (κ3) is 3.63. The number of methoxy groups -OCH3 is 1. The molecule has 1 aromatic rings. The lowest BCUT2D eigenvalue weighted by molar-refractivity contribution is -0.134. The fourth-order valence-electron chi connectivity index (χ4n) is 4.11. The summed E-state index contributed by atoms with van der Waals surface area (Å²) >= 11 is 0. The highest BCUT2D eigenvalue weighted by Gasteiger charge is 2.39. The Morgan fingerprint density at radius 2 is 2.08 bits per heavy atom. The van der Waals surface area contributed by atoms with Gasteiger partial charge in [-0.25, -0.2) is 0 Å². The van der Waals surface area contributed by atoms with Gasteiger partial charge in [-0.05, 0) is 37.0 Å². The SMILES string of the molecule is CO[C@@H]1C[C@@H](c2nncn2C)N(C(=O)CC2CCC(C)(C)CC2)C1. The van der Waals surface area contributed by atoms with Gasteiger partial charge >= 0.3 is 0 Å². The van der Waals surface area contributed by atoms with Crippen molar-refractivity contribution in [2.75, 3.05) is 13.7 Å². The monoisotopic (exact) mass is 334 g/mol. The van der Waals surface area contributed by atoms with Crippen LogP contribution >= 0.6 is 0 Å². The van der Waals surface area contributed by atoms with Crippen molar-refractivity contribution < 1.29 is 9.53 Å². The lowest BCUT2D eigenvalue weighted by atomic mass is 9.72. The fraction of sp³-hybridized carbons (Fsp3) is 0.833. The Labute approximate surface area is 144 Å². The number of nitrogens with zero attached hydrogens (tertiary/aromatic N) is 4. The van der Waals surface area contributed by atoms with Crippen molar-refractivity contribution in [2.24, 2.45) is 18.4 Å². The summed E-state index contributed by atoms with van der Waals surface area (Å²) in [5, 5.41) is 8.21. The molecule has 1 saturated heterocycles. The molecule has 0 radical (unpaired) electrons. The van der Waals surface area contributed by atoms with E-state index in [4.69, 9.17) is 4.74 Å². The summed E-state index contributed by atoms with van der Waals surface area (Å²) in [6.07, 6.45) is 8.00. The molecule has 134 valence electrons. The Morgan fingerprint density at radius 3 is 2.67 bits per heavy atom. The molecule has 24 heavy (non-hydrogen) atoms. The third-order valence-electron chi connectivity index (χ3n) is 5.88. The molecule has 0 bridgehead atoms. The highest BCUT2D eigenvalue weighted by molar-refractivity contribution is 5.77. The first kappa shape index (κ1) is 17.4. The number of amides is 1. The molecular weight excluding hydrogens is 304 g/mol. The van der Waals surface area contributed by atoms with E-state index in [0.717, 1.165) is 25.1 Å². The van der Waals surface area contributed by atoms with Crippen LogP contribution in [0, 0.1) is 11.3 Å². The quantitative estimate of drug-likeness (QED) is 0.849. The molecule has 0 N–H and O–H groups in total. The van der Waals surface area contributed by atoms with E-state index < -0.39 is 0 Å². The number of rotatable bonds is 4. The largest absolute Gasteiger partial charge is 0.380 e. The van der Waals surface area contributed by atoms with Crippen LogP contribution in [0.3, 0.4) is 0 Å². The zero-order valence-corrected chi connectivity index (χ0v) is 15.4. The lowest BCUT2D eigenvalue weighted by Crippen LogP contribution is -2.35. The second-order valence-corrected chi connectivity index (χ2v) is 8.27. The van der Waals surface area contributed by atoms with E-state index in [1.807, 2.05) is 16.5 Å². The summed E-state index contributed by atoms with van der Waals surface area (Å²) in [4.78, 5) is 14.9. The van der Waals surface area contributed by atoms with E-state index in [-0.39, 0.29) is 18.1 Å². The van der Waals surface area contributed by atoms with Crippen LogP contribution in [0.5, 0.6) is 0 Å². The maximum absolute atomic E-state index is 13.0. The van der Waals surface area contributed by atoms with Crippen molar-refractivity contribution >= 4 is 5.91 Å². The van der Waals surface area contributed by atoms with Gasteiger partial charge in [0.1, 0.15) is 6.33 Å². The van der Waals surface area contributed by atoms with Gasteiger partial charge in [0.25, 0.3) is 0 Å². The summed E-state index contributed by atoms with van der Waals surface area (Å²) in [7, 11) is 3.65. The van der Waals surface area contributed by atoms with Crippen LogP contribution in [0.1, 0.15) is 64.2 Å². The summed E-state index contributed by atoms with van der Waals surface area (Å²) in [6, 6.07) is -0.0185. The smallest absolute Gasteiger partial charge is 0.223 e. The van der Waals surface area contributed by atoms with Crippen molar-refractivity contribution in [1.82, 2.24) is 19.7 Å². The van der Waals surface area contributed by atoms with Crippen LogP contribution in [0.2, 0.25) is 0 Å². The second kappa shape index (κ2) is 6.82. The Morgan fingerprint density at radius 1 is 1.38 bits per heavy atom. The van der Waals surface area contributed by atoms with Gasteiger partial charge in [0.05, 0.1) is 12.1 Å². The number of aryl methyl sites for hydroxylation is 1. The number of likely N-dealkylation sites (tertiary alicyclic amines) is 1. The molecule has 2 fully saturated rings. The molecule has 0 aromatic carbocycles. The molecule has 1 aromatic heterocycles. The summed E-state index contributed by atoms with van der Waals surface area (Å²) in [5.74, 6) is 1.62. The first-order valence-corrected chi connectivity index (χ1v) is 9.06. The average molecular weight is 334 g/mol. The lowest BCUT2D eigenvalue weighted by Gasteiger charge is -2.35. The van der Waals surface area contributed by atoms with Crippen LogP contribution in [-0.2, 0) is 16.6 Å². The number of ether oxygens (including phenoxy) is 1. The van der Waals surface area contributed by atoms with Gasteiger partial charge in [-0.3, -0.25) is 4.79 Å². The molecule has 6 heteroatoms. The van der Waals surface area contributed by atoms with Crippen LogP contribution < -0.4 is 0 Å². The van der Waals surface area contributed by atoms with Crippen LogP contribution in [-0.4, -0.2) is 45.3 Å². The predicted molar refractivity (Wildman–Crippen MR) is 91.2 cm³/mol. The molecule has 1 saturated carbocycles. The minimum atomic E-state index is -0.0185. The first-order chi connectivity index (χ1) is 11.4. The van der Waals surface area contributed by atoms with Crippen LogP contribution in [0.25, 0.3) is 0 Å². The van der Waals surface area contributed by atoms with Gasteiger partial charge in [-0.2, -0.15) is 0 Å². The second-order valence-electron chi connectivity index (χ2n) is 8.27. The van der Waals surface area contributed by atoms with Gasteiger partial charge in [0, 0.05) is 33.5 Å². The Hall–Kier alpha value is -1.43. The van der Waals surface area contributed by atoms with Gasteiger partial charge in [-0.15, -0.1) is 10.2 Å². The minimum absolute atomic E-state index is 0.0185. The molecule has 2 aliphatic rings. The molecule has 0 unspecified atom stereocenters. The maximum Gasteiger partial charge on any atom is 0.223 e. The molecule has 2 heterocycles. The van der Waals surface area contributed by atoms with Crippen molar-refractivity contribution in [3.05, 3.63) is 12.2 Å². The molecule has 6 nitrogen and oxygen atoms in total. The summed E-state index contributed by atoms with van der Waals surface area (Å²) in [6.45, 7) is 5.32. The number of carbonyl (C=O) groups excluding carboxylic acids is 1. The van der Waals surface area contributed by atoms with E-state index in [0.29, 0.717) is 24.3 Å². The number of hydrogen-bond acceptors (Lipinski definition) is 4. The van der Waals surface area contributed by atoms with Gasteiger partial charge < -0.3 is 14.2 Å². The zero-order chi connectivity index (χ0) is 17.3. The predicted octanol–water partition coefficient (Wildman–Crippen LogP) is 2.71. The molecule has 1 aliphatic heterocycles. The van der Waals surface area contributed by atoms with Crippen LogP contribution in [0.4, 0.5) is 0 Å². The number of aromatic nitrogens is 3. The minimum Gasteiger partial charge on any atom is -0.380 e. The Balaban J connectivity index is 1.67. The van der Waals surface area contributed by atoms with E-state index >= 15 is 0 Å². The Kier molecular flexibility index (Phi) is 4.95. The summed E-state index contributed by atoms with van der Waals surface area (Å²) < 4.78 is 7.43. The van der Waals surface area contributed by atoms with Gasteiger partial charge in [-0.1, -0.05) is 13.8 Å². The maximum atomic E-state index is 13.0. The van der Waals surface area contributed by atoms with Crippen LogP contribution in [0.15, 0.2) is 6.33 Å². The standard InChI is InChI=1S/C18H30N4O2/c1-18(2)7-5-13(6-8-18)9-16(23)22-11-14(24-4)10-15(22)17-20-19-12-21(17)3/h12-15H,5-11H2,1-4H3/t14-,15+/m1/s1. The Bertz CT molecular complexity index is 573. The van der Waals surface area contributed by atoms with E-state index in [9.17, 15) is 4.79 Å². The molecule has 3 rings (SSSR count). The number of carbonyl (C=O) groups is 1. The van der Waals surface area contributed by atoms with E-state index in [1.54, 1.807) is 13.4 Å². The van der Waals surface area contributed by atoms with Crippen molar-refractivity contribution in [3.8, 4) is 0 Å². The highest BCUT2D eigenvalue weighted by Crippen LogP contribution is 2.40. The van der Waals surface area contributed by atoms with E-state index in [1.165, 1.54) is 12.8 Å². The first-order valence-electron chi connectivity index (χ1n) is 9.06. The summed E-state index contributed by atoms with van der Waals surface area (Å²) in [5.41, 5.74) is 0.440. The molecule has 1 amide bonds. The van der Waals surface area contributed by atoms with Gasteiger partial charge in [0.2, 0.25) is 5.91 Å². The van der Waals surface area contributed by atoms with Crippen molar-refractivity contribution in [2.45, 2.75) is 64.5 Å². The molecule has 0 spiro atoms. The zero-order valence-electron chi connectivity index (χ0n) is 15.4. The molecule has 1 aliphatic carbocycles. The van der Waals surface area contributed by atoms with E-state index in [2.05, 4.69) is 24.0 Å². The van der Waals surface area contributed by atoms with Crippen molar-refractivity contribution in [1.29, 1.82) is 0 Å². The average Bonchev–Trinajstić information content (AvgIpc) is 3.15. The third-order valence-corrected chi connectivity index (χ3v) is 5.88. The highest BCUT2D eigenvalue weighted by atomic mass is 16.5. The molecular formula is C18H30N4O2. The number of hydrogen-bond donors (Lipinski definition) is 0.